The first-order valence-electron chi connectivity index (χ1n) is 6.22. The molecule has 1 aliphatic heterocycles. The van der Waals surface area contributed by atoms with E-state index in [1.165, 1.54) is 10.8 Å². The second-order valence-corrected chi connectivity index (χ2v) is 6.89. The van der Waals surface area contributed by atoms with Gasteiger partial charge < -0.3 is 9.31 Å². The third-order valence-electron chi connectivity index (χ3n) is 3.95. The van der Waals surface area contributed by atoms with E-state index in [4.69, 9.17) is 9.31 Å². The molecule has 1 aliphatic rings. The van der Waals surface area contributed by atoms with Crippen LogP contribution in [0.1, 0.15) is 33.3 Å². The molecule has 0 N–H and O–H groups in total. The van der Waals surface area contributed by atoms with Crippen LogP contribution >= 0.6 is 0 Å². The molecule has 17 heavy (non-hydrogen) atoms. The molecule has 1 aromatic rings. The zero-order valence-electron chi connectivity index (χ0n) is 11.4. The molecule has 0 saturated carbocycles. The molecule has 2 nitrogen and oxygen atoms in total. The van der Waals surface area contributed by atoms with Gasteiger partial charge >= 0.3 is 7.12 Å². The lowest BCUT2D eigenvalue weighted by atomic mass is 9.81. The minimum absolute atomic E-state index is 0.116. The van der Waals surface area contributed by atoms with Gasteiger partial charge in [0.05, 0.1) is 11.2 Å². The van der Waals surface area contributed by atoms with Gasteiger partial charge in [-0.3, -0.25) is 0 Å². The van der Waals surface area contributed by atoms with E-state index in [1.807, 2.05) is 0 Å². The lowest BCUT2D eigenvalue weighted by Crippen LogP contribution is -2.41. The summed E-state index contributed by atoms with van der Waals surface area (Å²) < 4.78 is 12.0. The van der Waals surface area contributed by atoms with E-state index >= 15 is 0 Å². The van der Waals surface area contributed by atoms with Crippen molar-refractivity contribution >= 4 is 22.5 Å². The zero-order valence-corrected chi connectivity index (χ0v) is 13.4. The number of hydrogen-bond donors (Lipinski definition) is 0. The Hall–Kier alpha value is -0.578. The maximum absolute atomic E-state index is 6.02. The third kappa shape index (κ3) is 2.49. The topological polar surface area (TPSA) is 18.5 Å². The summed E-state index contributed by atoms with van der Waals surface area (Å²) in [5.74, 6) is 0. The minimum Gasteiger partial charge on any atom is -0.403 e. The Kier molecular flexibility index (Phi) is 3.23. The van der Waals surface area contributed by atoms with Crippen LogP contribution in [0, 0.1) is 0 Å². The molecule has 0 bridgehead atoms. The van der Waals surface area contributed by atoms with Crippen LogP contribution in [0.2, 0.25) is 0 Å². The van der Waals surface area contributed by atoms with Crippen LogP contribution in [-0.2, 0) is 15.6 Å². The van der Waals surface area contributed by atoms with Crippen molar-refractivity contribution in [2.24, 2.45) is 0 Å². The number of benzene rings is 1. The van der Waals surface area contributed by atoms with Crippen molar-refractivity contribution in [1.29, 1.82) is 0 Å². The highest BCUT2D eigenvalue weighted by Gasteiger charge is 2.50. The van der Waals surface area contributed by atoms with Crippen molar-refractivity contribution in [2.75, 3.05) is 0 Å². The first-order chi connectivity index (χ1) is 7.82. The van der Waals surface area contributed by atoms with Crippen LogP contribution < -0.4 is 5.19 Å². The van der Waals surface area contributed by atoms with Gasteiger partial charge in [0.15, 0.2) is 0 Å². The van der Waals surface area contributed by atoms with Crippen molar-refractivity contribution in [3.8, 4) is 0 Å². The fraction of sp³-hybridized carbons (Fsp3) is 0.538. The highest BCUT2D eigenvalue weighted by atomic mass is 28.1. The molecule has 1 saturated heterocycles. The van der Waals surface area contributed by atoms with Crippen LogP contribution in [0.15, 0.2) is 24.3 Å². The largest absolute Gasteiger partial charge is 0.462 e. The molecule has 0 radical (unpaired) electrons. The van der Waals surface area contributed by atoms with Gasteiger partial charge in [0, 0.05) is 16.6 Å². The average molecular weight is 248 g/mol. The van der Waals surface area contributed by atoms with Crippen molar-refractivity contribution < 1.29 is 9.31 Å². The first kappa shape index (κ1) is 12.9. The van der Waals surface area contributed by atoms with Gasteiger partial charge in [-0.25, -0.2) is 0 Å². The molecule has 0 aromatic heterocycles. The highest BCUT2D eigenvalue weighted by molar-refractivity contribution is 6.46. The van der Waals surface area contributed by atoms with Crippen molar-refractivity contribution in [3.05, 3.63) is 29.8 Å². The molecule has 0 aliphatic carbocycles. The summed E-state index contributed by atoms with van der Waals surface area (Å²) in [5.41, 5.74) is 0.910. The lowest BCUT2D eigenvalue weighted by Gasteiger charge is -2.32. The standard InChI is InChI=1S/C13H21BO2Si/c1-12(2)13(3,4)16-14(15-12)9-10-7-5-6-8-11(10)17/h5-8H,9H2,1-4,17H3. The normalized spacial score (nSPS) is 22.0. The molecule has 2 rings (SSSR count). The first-order valence-corrected chi connectivity index (χ1v) is 7.22. The highest BCUT2D eigenvalue weighted by Crippen LogP contribution is 2.37. The summed E-state index contributed by atoms with van der Waals surface area (Å²) in [7, 11) is 0.955. The van der Waals surface area contributed by atoms with Crippen molar-refractivity contribution in [1.82, 2.24) is 0 Å². The predicted octanol–water partition coefficient (Wildman–Crippen LogP) is 0.851. The Morgan fingerprint density at radius 2 is 1.59 bits per heavy atom. The Bertz CT molecular complexity index is 402. The van der Waals surface area contributed by atoms with E-state index < -0.39 is 0 Å². The Balaban J connectivity index is 2.11. The Labute approximate surface area is 107 Å². The van der Waals surface area contributed by atoms with Crippen molar-refractivity contribution in [3.63, 3.8) is 0 Å². The maximum atomic E-state index is 6.02. The fourth-order valence-electron chi connectivity index (χ4n) is 2.07. The van der Waals surface area contributed by atoms with Crippen LogP contribution in [0.5, 0.6) is 0 Å². The third-order valence-corrected chi connectivity index (χ3v) is 4.93. The minimum atomic E-state index is -0.224. The molecule has 0 unspecified atom stereocenters. The molecule has 1 aromatic carbocycles. The van der Waals surface area contributed by atoms with Gasteiger partial charge in [-0.2, -0.15) is 0 Å². The van der Waals surface area contributed by atoms with Crippen molar-refractivity contribution in [2.45, 2.75) is 45.2 Å². The van der Waals surface area contributed by atoms with E-state index in [0.29, 0.717) is 0 Å². The predicted molar refractivity (Wildman–Crippen MR) is 75.8 cm³/mol. The molecule has 92 valence electrons. The second-order valence-electron chi connectivity index (χ2n) is 5.82. The van der Waals surface area contributed by atoms with E-state index in [9.17, 15) is 0 Å². The quantitative estimate of drug-likeness (QED) is 0.722. The van der Waals surface area contributed by atoms with Gasteiger partial charge in [-0.1, -0.05) is 35.0 Å². The molecule has 4 heteroatoms. The van der Waals surface area contributed by atoms with Gasteiger partial charge in [0.2, 0.25) is 0 Å². The van der Waals surface area contributed by atoms with E-state index in [1.54, 1.807) is 0 Å². The summed E-state index contributed by atoms with van der Waals surface area (Å²) in [4.78, 5) is 0. The van der Waals surface area contributed by atoms with Crippen LogP contribution in [-0.4, -0.2) is 28.6 Å². The Morgan fingerprint density at radius 1 is 1.06 bits per heavy atom. The van der Waals surface area contributed by atoms with Gasteiger partial charge in [-0.05, 0) is 27.7 Å². The molecule has 1 fully saturated rings. The summed E-state index contributed by atoms with van der Waals surface area (Å²) in [6.07, 6.45) is 0.854. The molecule has 0 amide bonds. The summed E-state index contributed by atoms with van der Waals surface area (Å²) in [6.45, 7) is 8.39. The fourth-order valence-corrected chi connectivity index (χ4v) is 2.63. The average Bonchev–Trinajstić information content (AvgIpc) is 2.39. The number of hydrogen-bond acceptors (Lipinski definition) is 2. The lowest BCUT2D eigenvalue weighted by molar-refractivity contribution is 0.00578. The van der Waals surface area contributed by atoms with E-state index in [0.717, 1.165) is 16.6 Å². The summed E-state index contributed by atoms with van der Waals surface area (Å²) in [5, 5.41) is 1.43. The molecule has 0 spiro atoms. The van der Waals surface area contributed by atoms with Gasteiger partial charge in [0.1, 0.15) is 0 Å². The second kappa shape index (κ2) is 4.27. The van der Waals surface area contributed by atoms with Crippen LogP contribution in [0.3, 0.4) is 0 Å². The maximum Gasteiger partial charge on any atom is 0.462 e. The molecule has 1 heterocycles. The zero-order chi connectivity index (χ0) is 12.7. The van der Waals surface area contributed by atoms with Gasteiger partial charge in [0.25, 0.3) is 0 Å². The van der Waals surface area contributed by atoms with E-state index in [2.05, 4.69) is 52.0 Å². The smallest absolute Gasteiger partial charge is 0.403 e. The van der Waals surface area contributed by atoms with Crippen LogP contribution in [0.25, 0.3) is 0 Å². The van der Waals surface area contributed by atoms with Gasteiger partial charge in [-0.15, -0.1) is 0 Å². The summed E-state index contributed by atoms with van der Waals surface area (Å²) in [6, 6.07) is 8.54. The molecular formula is C13H21BO2Si. The summed E-state index contributed by atoms with van der Waals surface area (Å²) >= 11 is 0. The van der Waals surface area contributed by atoms with E-state index in [-0.39, 0.29) is 18.3 Å². The monoisotopic (exact) mass is 248 g/mol. The molecular weight excluding hydrogens is 227 g/mol. The van der Waals surface area contributed by atoms with Crippen LogP contribution in [0.4, 0.5) is 0 Å². The molecule has 0 atom stereocenters. The Morgan fingerprint density at radius 3 is 2.12 bits per heavy atom. The SMILES string of the molecule is CC1(C)OB(Cc2ccccc2[SiH3])OC1(C)C. The number of rotatable bonds is 2.